The first-order valence-electron chi connectivity index (χ1n) is 6.93. The molecule has 102 valence electrons. The summed E-state index contributed by atoms with van der Waals surface area (Å²) in [4.78, 5) is 0. The topological polar surface area (TPSA) is 56.5 Å². The van der Waals surface area contributed by atoms with E-state index in [2.05, 4.69) is 17.6 Å². The number of allylic oxidation sites excluding steroid dienone is 1. The summed E-state index contributed by atoms with van der Waals surface area (Å²) < 4.78 is 11.2. The number of ether oxygens (including phenoxy) is 2. The summed E-state index contributed by atoms with van der Waals surface area (Å²) >= 11 is 0. The Labute approximate surface area is 113 Å². The van der Waals surface area contributed by atoms with Crippen molar-refractivity contribution < 1.29 is 9.47 Å². The lowest BCUT2D eigenvalue weighted by molar-refractivity contribution is 0.171. The van der Waals surface area contributed by atoms with Gasteiger partial charge in [-0.2, -0.15) is 0 Å². The zero-order valence-corrected chi connectivity index (χ0v) is 11.0. The van der Waals surface area contributed by atoms with E-state index in [1.165, 1.54) is 18.4 Å². The van der Waals surface area contributed by atoms with Crippen molar-refractivity contribution in [3.8, 4) is 11.5 Å². The lowest BCUT2D eigenvalue weighted by atomic mass is 9.90. The van der Waals surface area contributed by atoms with Gasteiger partial charge in [0.1, 0.15) is 13.2 Å². The quantitative estimate of drug-likeness (QED) is 0.498. The van der Waals surface area contributed by atoms with Crippen LogP contribution in [-0.4, -0.2) is 13.2 Å². The number of benzene rings is 1. The van der Waals surface area contributed by atoms with Crippen LogP contribution in [0.5, 0.6) is 11.5 Å². The van der Waals surface area contributed by atoms with Crippen molar-refractivity contribution >= 4 is 0 Å². The highest BCUT2D eigenvalue weighted by molar-refractivity contribution is 5.46. The van der Waals surface area contributed by atoms with Crippen molar-refractivity contribution in [3.63, 3.8) is 0 Å². The second-order valence-corrected chi connectivity index (χ2v) is 5.03. The Bertz CT molecular complexity index is 485. The molecule has 0 fully saturated rings. The Kier molecular flexibility index (Phi) is 3.71. The normalized spacial score (nSPS) is 19.7. The number of hydrazine groups is 1. The van der Waals surface area contributed by atoms with E-state index in [0.29, 0.717) is 13.2 Å². The summed E-state index contributed by atoms with van der Waals surface area (Å²) in [5, 5.41) is 0. The highest BCUT2D eigenvalue weighted by Gasteiger charge is 2.20. The third kappa shape index (κ3) is 2.60. The van der Waals surface area contributed by atoms with Crippen LogP contribution in [0.4, 0.5) is 0 Å². The van der Waals surface area contributed by atoms with Gasteiger partial charge in [-0.15, -0.1) is 0 Å². The van der Waals surface area contributed by atoms with Gasteiger partial charge in [0.15, 0.2) is 11.5 Å². The zero-order chi connectivity index (χ0) is 13.1. The summed E-state index contributed by atoms with van der Waals surface area (Å²) in [6.07, 6.45) is 7.10. The minimum Gasteiger partial charge on any atom is -0.486 e. The Balaban J connectivity index is 1.88. The molecule has 0 spiro atoms. The standard InChI is InChI=1S/C15H20N2O2/c16-17-15(11-4-2-1-3-5-11)12-6-7-13-14(10-12)19-9-8-18-13/h4,6-7,10,15,17H,1-3,5,8-9,16H2. The van der Waals surface area contributed by atoms with Crippen LogP contribution in [0.3, 0.4) is 0 Å². The molecule has 3 rings (SSSR count). The zero-order valence-electron chi connectivity index (χ0n) is 11.0. The molecule has 4 heteroatoms. The largest absolute Gasteiger partial charge is 0.486 e. The third-order valence-corrected chi connectivity index (χ3v) is 3.76. The Hall–Kier alpha value is -1.52. The maximum atomic E-state index is 5.75. The molecular weight excluding hydrogens is 240 g/mol. The molecule has 1 unspecified atom stereocenters. The second-order valence-electron chi connectivity index (χ2n) is 5.03. The fourth-order valence-electron chi connectivity index (χ4n) is 2.78. The van der Waals surface area contributed by atoms with Crippen LogP contribution in [0.25, 0.3) is 0 Å². The summed E-state index contributed by atoms with van der Waals surface area (Å²) in [6.45, 7) is 1.23. The van der Waals surface area contributed by atoms with Gasteiger partial charge in [-0.05, 0) is 43.4 Å². The first-order chi connectivity index (χ1) is 9.38. The van der Waals surface area contributed by atoms with Gasteiger partial charge in [0.2, 0.25) is 0 Å². The van der Waals surface area contributed by atoms with E-state index in [1.807, 2.05) is 12.1 Å². The fourth-order valence-corrected chi connectivity index (χ4v) is 2.78. The molecule has 1 aliphatic heterocycles. The van der Waals surface area contributed by atoms with Gasteiger partial charge in [0, 0.05) is 0 Å². The molecule has 19 heavy (non-hydrogen) atoms. The fraction of sp³-hybridized carbons (Fsp3) is 0.467. The first kappa shape index (κ1) is 12.5. The highest BCUT2D eigenvalue weighted by Crippen LogP contribution is 2.36. The molecule has 1 aromatic rings. The molecule has 1 atom stereocenters. The number of rotatable bonds is 3. The van der Waals surface area contributed by atoms with Crippen molar-refractivity contribution in [2.45, 2.75) is 31.7 Å². The number of hydrogen-bond donors (Lipinski definition) is 2. The molecule has 0 saturated heterocycles. The number of nitrogens with one attached hydrogen (secondary N) is 1. The molecule has 0 radical (unpaired) electrons. The number of hydrogen-bond acceptors (Lipinski definition) is 4. The van der Waals surface area contributed by atoms with E-state index in [4.69, 9.17) is 15.3 Å². The average molecular weight is 260 g/mol. The van der Waals surface area contributed by atoms with Gasteiger partial charge in [-0.25, -0.2) is 5.43 Å². The van der Waals surface area contributed by atoms with E-state index in [1.54, 1.807) is 0 Å². The van der Waals surface area contributed by atoms with Crippen LogP contribution in [0.1, 0.15) is 37.3 Å². The molecule has 2 aliphatic rings. The average Bonchev–Trinajstić information content (AvgIpc) is 2.49. The molecule has 3 N–H and O–H groups in total. The molecule has 0 bridgehead atoms. The maximum Gasteiger partial charge on any atom is 0.161 e. The minimum atomic E-state index is 0.0797. The number of nitrogens with two attached hydrogens (primary N) is 1. The summed E-state index contributed by atoms with van der Waals surface area (Å²) in [6, 6.07) is 6.15. The predicted molar refractivity (Wildman–Crippen MR) is 74.0 cm³/mol. The second kappa shape index (κ2) is 5.63. The maximum absolute atomic E-state index is 5.75. The van der Waals surface area contributed by atoms with Gasteiger partial charge in [0.25, 0.3) is 0 Å². The van der Waals surface area contributed by atoms with E-state index < -0.39 is 0 Å². The van der Waals surface area contributed by atoms with Crippen LogP contribution >= 0.6 is 0 Å². The lowest BCUT2D eigenvalue weighted by Gasteiger charge is -2.25. The summed E-state index contributed by atoms with van der Waals surface area (Å²) in [5.41, 5.74) is 5.45. The molecule has 0 amide bonds. The van der Waals surface area contributed by atoms with E-state index in [9.17, 15) is 0 Å². The van der Waals surface area contributed by atoms with Crippen molar-refractivity contribution in [1.82, 2.24) is 5.43 Å². The van der Waals surface area contributed by atoms with Crippen molar-refractivity contribution in [1.29, 1.82) is 0 Å². The monoisotopic (exact) mass is 260 g/mol. The van der Waals surface area contributed by atoms with E-state index in [-0.39, 0.29) is 6.04 Å². The third-order valence-electron chi connectivity index (χ3n) is 3.76. The van der Waals surface area contributed by atoms with Crippen molar-refractivity contribution in [2.24, 2.45) is 5.84 Å². The molecule has 0 saturated carbocycles. The van der Waals surface area contributed by atoms with Crippen LogP contribution < -0.4 is 20.7 Å². The van der Waals surface area contributed by atoms with Crippen LogP contribution in [-0.2, 0) is 0 Å². The van der Waals surface area contributed by atoms with Crippen LogP contribution in [0.2, 0.25) is 0 Å². The van der Waals surface area contributed by atoms with Gasteiger partial charge in [0.05, 0.1) is 6.04 Å². The van der Waals surface area contributed by atoms with E-state index >= 15 is 0 Å². The molecule has 1 aliphatic carbocycles. The summed E-state index contributed by atoms with van der Waals surface area (Å²) in [7, 11) is 0. The van der Waals surface area contributed by atoms with E-state index in [0.717, 1.165) is 29.9 Å². The van der Waals surface area contributed by atoms with Gasteiger partial charge in [-0.3, -0.25) is 5.84 Å². The Morgan fingerprint density at radius 1 is 1.11 bits per heavy atom. The molecule has 0 aromatic heterocycles. The van der Waals surface area contributed by atoms with Crippen molar-refractivity contribution in [3.05, 3.63) is 35.4 Å². The van der Waals surface area contributed by atoms with Gasteiger partial charge >= 0.3 is 0 Å². The highest BCUT2D eigenvalue weighted by atomic mass is 16.6. The van der Waals surface area contributed by atoms with Crippen molar-refractivity contribution in [2.75, 3.05) is 13.2 Å². The predicted octanol–water partition coefficient (Wildman–Crippen LogP) is 2.46. The molecule has 1 aromatic carbocycles. The minimum absolute atomic E-state index is 0.0797. The summed E-state index contributed by atoms with van der Waals surface area (Å²) in [5.74, 6) is 7.39. The molecule has 4 nitrogen and oxygen atoms in total. The number of fused-ring (bicyclic) bond motifs is 1. The molecule has 1 heterocycles. The SMILES string of the molecule is NNC(C1=CCCCC1)c1ccc2c(c1)OCCO2. The van der Waals surface area contributed by atoms with Crippen LogP contribution in [0.15, 0.2) is 29.8 Å². The molecular formula is C15H20N2O2. The Morgan fingerprint density at radius 3 is 2.68 bits per heavy atom. The Morgan fingerprint density at radius 2 is 1.95 bits per heavy atom. The smallest absolute Gasteiger partial charge is 0.161 e. The first-order valence-corrected chi connectivity index (χ1v) is 6.93. The van der Waals surface area contributed by atoms with Gasteiger partial charge < -0.3 is 9.47 Å². The van der Waals surface area contributed by atoms with Crippen LogP contribution in [0, 0.1) is 0 Å². The van der Waals surface area contributed by atoms with Gasteiger partial charge in [-0.1, -0.05) is 17.7 Å². The lowest BCUT2D eigenvalue weighted by Crippen LogP contribution is -2.30.